The summed E-state index contributed by atoms with van der Waals surface area (Å²) in [5.41, 5.74) is 0. The topological polar surface area (TPSA) is 64.6 Å². The Hall–Kier alpha value is -0.810. The molecule has 2 amide bonds. The maximum Gasteiger partial charge on any atom is 0.317 e. The predicted molar refractivity (Wildman–Crippen MR) is 72.5 cm³/mol. The Morgan fingerprint density at radius 3 is 2.39 bits per heavy atom. The van der Waals surface area contributed by atoms with E-state index in [2.05, 4.69) is 10.6 Å². The van der Waals surface area contributed by atoms with E-state index >= 15 is 0 Å². The minimum absolute atomic E-state index is 0.0466. The fourth-order valence-electron chi connectivity index (χ4n) is 2.29. The van der Waals surface area contributed by atoms with Gasteiger partial charge in [-0.1, -0.05) is 13.8 Å². The Morgan fingerprint density at radius 2 is 1.89 bits per heavy atom. The number of likely N-dealkylation sites (N-methyl/N-ethyl adjacent to an activating group) is 1. The largest absolute Gasteiger partial charge is 0.391 e. The summed E-state index contributed by atoms with van der Waals surface area (Å²) in [4.78, 5) is 13.9. The molecule has 0 radical (unpaired) electrons. The lowest BCUT2D eigenvalue weighted by Gasteiger charge is -2.32. The predicted octanol–water partition coefficient (Wildman–Crippen LogP) is 0.787. The summed E-state index contributed by atoms with van der Waals surface area (Å²) >= 11 is 0. The van der Waals surface area contributed by atoms with Crippen molar-refractivity contribution in [1.29, 1.82) is 0 Å². The molecule has 5 nitrogen and oxygen atoms in total. The Morgan fingerprint density at radius 1 is 1.28 bits per heavy atom. The second-order valence-electron chi connectivity index (χ2n) is 5.40. The fourth-order valence-corrected chi connectivity index (χ4v) is 2.29. The van der Waals surface area contributed by atoms with Crippen LogP contribution in [0.3, 0.4) is 0 Å². The number of amides is 2. The summed E-state index contributed by atoms with van der Waals surface area (Å²) in [5.74, 6) is 0.130. The summed E-state index contributed by atoms with van der Waals surface area (Å²) in [6.07, 6.45) is 2.85. The number of aliphatic hydroxyl groups is 1. The van der Waals surface area contributed by atoms with Crippen molar-refractivity contribution in [3.63, 3.8) is 0 Å². The van der Waals surface area contributed by atoms with Gasteiger partial charge in [-0.25, -0.2) is 4.79 Å². The van der Waals surface area contributed by atoms with Gasteiger partial charge in [0.15, 0.2) is 0 Å². The number of nitrogens with one attached hydrogen (secondary N) is 2. The number of nitrogens with zero attached hydrogens (tertiary/aromatic N) is 1. The van der Waals surface area contributed by atoms with Crippen LogP contribution >= 0.6 is 0 Å². The molecule has 0 aromatic carbocycles. The highest BCUT2D eigenvalue weighted by Crippen LogP contribution is 2.10. The molecule has 1 heterocycles. The lowest BCUT2D eigenvalue weighted by atomic mass is 9.99. The van der Waals surface area contributed by atoms with Crippen LogP contribution in [-0.2, 0) is 0 Å². The molecule has 0 aromatic rings. The van der Waals surface area contributed by atoms with Gasteiger partial charge in [0, 0.05) is 19.6 Å². The molecule has 2 atom stereocenters. The monoisotopic (exact) mass is 257 g/mol. The zero-order chi connectivity index (χ0) is 13.5. The van der Waals surface area contributed by atoms with Gasteiger partial charge < -0.3 is 20.6 Å². The summed E-state index contributed by atoms with van der Waals surface area (Å²) in [7, 11) is 1.83. The number of carbonyl (C=O) groups excluding carboxylic acids is 1. The lowest BCUT2D eigenvalue weighted by Crippen LogP contribution is -2.54. The number of likely N-dealkylation sites (tertiary alicyclic amines) is 1. The zero-order valence-electron chi connectivity index (χ0n) is 11.8. The standard InChI is InChI=1S/C13H27N3O2/c1-10(2)12(17)11(9-14-3)15-13(18)16-7-5-4-6-8-16/h10-12,14,17H,4-9H2,1-3H3,(H,15,18)/t11-,12+/m1/s1. The molecular weight excluding hydrogens is 230 g/mol. The van der Waals surface area contributed by atoms with Crippen molar-refractivity contribution in [1.82, 2.24) is 15.5 Å². The van der Waals surface area contributed by atoms with E-state index in [1.165, 1.54) is 6.42 Å². The van der Waals surface area contributed by atoms with Crippen LogP contribution < -0.4 is 10.6 Å². The highest BCUT2D eigenvalue weighted by Gasteiger charge is 2.25. The molecule has 0 saturated carbocycles. The molecule has 0 aliphatic carbocycles. The third-order valence-corrected chi connectivity index (χ3v) is 3.47. The summed E-state index contributed by atoms with van der Waals surface area (Å²) in [6, 6.07) is -0.279. The summed E-state index contributed by atoms with van der Waals surface area (Å²) < 4.78 is 0. The Labute approximate surface area is 110 Å². The first-order chi connectivity index (χ1) is 8.56. The van der Waals surface area contributed by atoms with E-state index in [0.29, 0.717) is 6.54 Å². The molecule has 0 unspecified atom stereocenters. The first-order valence-corrected chi connectivity index (χ1v) is 6.94. The molecular formula is C13H27N3O2. The van der Waals surface area contributed by atoms with E-state index in [1.807, 2.05) is 25.8 Å². The van der Waals surface area contributed by atoms with Crippen LogP contribution in [0.4, 0.5) is 4.79 Å². The van der Waals surface area contributed by atoms with E-state index in [1.54, 1.807) is 0 Å². The molecule has 1 fully saturated rings. The summed E-state index contributed by atoms with van der Waals surface area (Å²) in [5, 5.41) is 16.1. The Balaban J connectivity index is 2.50. The molecule has 106 valence electrons. The third kappa shape index (κ3) is 4.46. The number of piperidine rings is 1. The smallest absolute Gasteiger partial charge is 0.317 e. The van der Waals surface area contributed by atoms with Crippen LogP contribution in [-0.4, -0.2) is 54.9 Å². The third-order valence-electron chi connectivity index (χ3n) is 3.47. The van der Waals surface area contributed by atoms with Crippen LogP contribution in [0.5, 0.6) is 0 Å². The van der Waals surface area contributed by atoms with Crippen molar-refractivity contribution in [3.8, 4) is 0 Å². The Bertz CT molecular complexity index is 253. The molecule has 5 heteroatoms. The van der Waals surface area contributed by atoms with E-state index in [9.17, 15) is 9.90 Å². The first kappa shape index (κ1) is 15.2. The number of aliphatic hydroxyl groups excluding tert-OH is 1. The second kappa shape index (κ2) is 7.59. The highest BCUT2D eigenvalue weighted by atomic mass is 16.3. The zero-order valence-corrected chi connectivity index (χ0v) is 11.8. The van der Waals surface area contributed by atoms with Gasteiger partial charge in [-0.15, -0.1) is 0 Å². The van der Waals surface area contributed by atoms with Gasteiger partial charge in [0.1, 0.15) is 0 Å². The van der Waals surface area contributed by atoms with Gasteiger partial charge in [-0.2, -0.15) is 0 Å². The second-order valence-corrected chi connectivity index (χ2v) is 5.40. The van der Waals surface area contributed by atoms with Gasteiger partial charge in [-0.05, 0) is 32.2 Å². The van der Waals surface area contributed by atoms with Crippen molar-refractivity contribution >= 4 is 6.03 Å². The molecule has 1 saturated heterocycles. The fraction of sp³-hybridized carbons (Fsp3) is 0.923. The Kier molecular flexibility index (Phi) is 6.43. The van der Waals surface area contributed by atoms with Crippen molar-refractivity contribution in [3.05, 3.63) is 0 Å². The lowest BCUT2D eigenvalue weighted by molar-refractivity contribution is 0.0821. The maximum atomic E-state index is 12.1. The number of hydrogen-bond acceptors (Lipinski definition) is 3. The van der Waals surface area contributed by atoms with Crippen molar-refractivity contribution in [2.45, 2.75) is 45.3 Å². The van der Waals surface area contributed by atoms with E-state index < -0.39 is 6.10 Å². The van der Waals surface area contributed by atoms with Crippen LogP contribution in [0.25, 0.3) is 0 Å². The first-order valence-electron chi connectivity index (χ1n) is 6.94. The molecule has 3 N–H and O–H groups in total. The van der Waals surface area contributed by atoms with Gasteiger partial charge in [0.25, 0.3) is 0 Å². The minimum Gasteiger partial charge on any atom is -0.391 e. The van der Waals surface area contributed by atoms with E-state index in [4.69, 9.17) is 0 Å². The molecule has 0 bridgehead atoms. The van der Waals surface area contributed by atoms with Crippen LogP contribution in [0, 0.1) is 5.92 Å². The number of carbonyl (C=O) groups is 1. The van der Waals surface area contributed by atoms with Crippen LogP contribution in [0.1, 0.15) is 33.1 Å². The summed E-state index contributed by atoms with van der Waals surface area (Å²) in [6.45, 7) is 6.16. The molecule has 0 aromatic heterocycles. The van der Waals surface area contributed by atoms with Crippen LogP contribution in [0.15, 0.2) is 0 Å². The van der Waals surface area contributed by atoms with Gasteiger partial charge in [-0.3, -0.25) is 0 Å². The number of urea groups is 1. The quantitative estimate of drug-likeness (QED) is 0.682. The normalized spacial score (nSPS) is 19.7. The maximum absolute atomic E-state index is 12.1. The molecule has 18 heavy (non-hydrogen) atoms. The molecule has 0 spiro atoms. The van der Waals surface area contributed by atoms with E-state index in [0.717, 1.165) is 25.9 Å². The van der Waals surface area contributed by atoms with Gasteiger partial charge in [0.05, 0.1) is 12.1 Å². The van der Waals surface area contributed by atoms with Gasteiger partial charge >= 0.3 is 6.03 Å². The molecule has 1 aliphatic heterocycles. The highest BCUT2D eigenvalue weighted by molar-refractivity contribution is 5.74. The molecule has 1 rings (SSSR count). The number of rotatable bonds is 5. The average Bonchev–Trinajstić information content (AvgIpc) is 2.38. The number of hydrogen-bond donors (Lipinski definition) is 3. The van der Waals surface area contributed by atoms with Gasteiger partial charge in [0.2, 0.25) is 0 Å². The minimum atomic E-state index is -0.522. The van der Waals surface area contributed by atoms with Crippen LogP contribution in [0.2, 0.25) is 0 Å². The van der Waals surface area contributed by atoms with E-state index in [-0.39, 0.29) is 18.0 Å². The average molecular weight is 257 g/mol. The van der Waals surface area contributed by atoms with Crippen molar-refractivity contribution in [2.24, 2.45) is 5.92 Å². The SMILES string of the molecule is CNC[C@@H](NC(=O)N1CCCCC1)[C@@H](O)C(C)C. The van der Waals surface area contributed by atoms with Crippen molar-refractivity contribution in [2.75, 3.05) is 26.7 Å². The van der Waals surface area contributed by atoms with Crippen molar-refractivity contribution < 1.29 is 9.90 Å². The molecule has 1 aliphatic rings.